The second-order valence-electron chi connectivity index (χ2n) is 6.87. The number of ketones is 1. The van der Waals surface area contributed by atoms with Gasteiger partial charge in [-0.2, -0.15) is 0 Å². The summed E-state index contributed by atoms with van der Waals surface area (Å²) in [7, 11) is 1.42. The van der Waals surface area contributed by atoms with Gasteiger partial charge < -0.3 is 14.7 Å². The molecule has 3 rings (SSSR count). The van der Waals surface area contributed by atoms with Crippen molar-refractivity contribution in [3.05, 3.63) is 68.2 Å². The molecule has 0 aromatic heterocycles. The number of hydrogen-bond acceptors (Lipinski definition) is 4. The van der Waals surface area contributed by atoms with E-state index < -0.39 is 17.7 Å². The molecule has 30 heavy (non-hydrogen) atoms. The molecule has 5 nitrogen and oxygen atoms in total. The summed E-state index contributed by atoms with van der Waals surface area (Å²) in [5.41, 5.74) is 0.871. The molecule has 0 radical (unpaired) electrons. The van der Waals surface area contributed by atoms with Crippen LogP contribution in [-0.2, 0) is 9.59 Å². The molecule has 0 saturated carbocycles. The zero-order chi connectivity index (χ0) is 22.0. The maximum absolute atomic E-state index is 12.9. The highest BCUT2D eigenvalue weighted by molar-refractivity contribution is 6.46. The first kappa shape index (κ1) is 22.5. The van der Waals surface area contributed by atoms with Crippen LogP contribution in [0, 0.1) is 0 Å². The number of aliphatic hydroxyl groups is 1. The molecule has 1 atom stereocenters. The minimum atomic E-state index is -0.758. The Labute approximate surface area is 189 Å². The molecule has 1 N–H and O–H groups in total. The monoisotopic (exact) mass is 467 g/mol. The van der Waals surface area contributed by atoms with Crippen molar-refractivity contribution in [2.75, 3.05) is 13.7 Å². The molecule has 1 saturated heterocycles. The van der Waals surface area contributed by atoms with Crippen LogP contribution in [0.4, 0.5) is 0 Å². The van der Waals surface area contributed by atoms with Gasteiger partial charge in [-0.3, -0.25) is 9.59 Å². The van der Waals surface area contributed by atoms with Crippen LogP contribution in [0.15, 0.2) is 42.0 Å². The van der Waals surface area contributed by atoms with Crippen LogP contribution in [0.25, 0.3) is 5.76 Å². The molecule has 2 aromatic carbocycles. The smallest absolute Gasteiger partial charge is 0.295 e. The van der Waals surface area contributed by atoms with Crippen molar-refractivity contribution in [2.45, 2.75) is 25.8 Å². The lowest BCUT2D eigenvalue weighted by Crippen LogP contribution is -2.30. The molecule has 1 aliphatic rings. The molecular weight excluding hydrogens is 449 g/mol. The summed E-state index contributed by atoms with van der Waals surface area (Å²) in [5.74, 6) is -1.51. The fourth-order valence-electron chi connectivity index (χ4n) is 3.48. The molecule has 2 aromatic rings. The number of amides is 1. The van der Waals surface area contributed by atoms with Gasteiger partial charge in [-0.15, -0.1) is 0 Å². The van der Waals surface area contributed by atoms with Gasteiger partial charge in [0, 0.05) is 17.1 Å². The number of carbonyl (C=O) groups excluding carboxylic acids is 2. The van der Waals surface area contributed by atoms with Crippen LogP contribution in [0.5, 0.6) is 5.75 Å². The van der Waals surface area contributed by atoms with E-state index in [1.54, 1.807) is 24.3 Å². The van der Waals surface area contributed by atoms with E-state index in [0.29, 0.717) is 17.1 Å². The fraction of sp³-hybridized carbons (Fsp3) is 0.273. The Morgan fingerprint density at radius 3 is 2.23 bits per heavy atom. The topological polar surface area (TPSA) is 66.8 Å². The Bertz CT molecular complexity index is 995. The number of Topliss-reactive ketones (excluding diaryl/α,β-unsaturated/α-hetero) is 1. The summed E-state index contributed by atoms with van der Waals surface area (Å²) in [6, 6.07) is 8.97. The van der Waals surface area contributed by atoms with Crippen LogP contribution in [0.1, 0.15) is 36.9 Å². The van der Waals surface area contributed by atoms with E-state index in [0.717, 1.165) is 12.8 Å². The van der Waals surface area contributed by atoms with Crippen molar-refractivity contribution in [1.82, 2.24) is 4.90 Å². The number of hydrogen-bond donors (Lipinski definition) is 1. The lowest BCUT2D eigenvalue weighted by atomic mass is 9.95. The van der Waals surface area contributed by atoms with Gasteiger partial charge in [-0.05, 0) is 36.2 Å². The quantitative estimate of drug-likeness (QED) is 0.327. The Morgan fingerprint density at radius 2 is 1.70 bits per heavy atom. The van der Waals surface area contributed by atoms with Crippen LogP contribution in [0.3, 0.4) is 0 Å². The van der Waals surface area contributed by atoms with Gasteiger partial charge in [0.1, 0.15) is 5.76 Å². The van der Waals surface area contributed by atoms with Crippen molar-refractivity contribution in [3.63, 3.8) is 0 Å². The molecule has 0 bridgehead atoms. The predicted octanol–water partition coefficient (Wildman–Crippen LogP) is 5.88. The predicted molar refractivity (Wildman–Crippen MR) is 118 cm³/mol. The maximum atomic E-state index is 12.9. The molecule has 1 heterocycles. The first-order valence-corrected chi connectivity index (χ1v) is 10.5. The Balaban J connectivity index is 2.19. The minimum Gasteiger partial charge on any atom is -0.507 e. The number of nitrogens with zero attached hydrogens (tertiary/aromatic N) is 1. The Morgan fingerprint density at radius 1 is 1.10 bits per heavy atom. The average molecular weight is 469 g/mol. The summed E-state index contributed by atoms with van der Waals surface area (Å²) >= 11 is 18.4. The van der Waals surface area contributed by atoms with E-state index in [9.17, 15) is 14.7 Å². The van der Waals surface area contributed by atoms with Gasteiger partial charge in [0.25, 0.3) is 11.7 Å². The fourth-order valence-corrected chi connectivity index (χ4v) is 4.25. The zero-order valence-corrected chi connectivity index (χ0v) is 18.7. The second kappa shape index (κ2) is 9.29. The van der Waals surface area contributed by atoms with Crippen molar-refractivity contribution < 1.29 is 19.4 Å². The Hall–Kier alpha value is -2.21. The normalized spacial score (nSPS) is 18.2. The summed E-state index contributed by atoms with van der Waals surface area (Å²) in [4.78, 5) is 27.2. The number of ether oxygens (including phenoxy) is 1. The lowest BCUT2D eigenvalue weighted by molar-refractivity contribution is -0.139. The SMILES string of the molecule is CCCCN1C(=O)C(=O)/C(=C(/O)c2cc(Cl)c(OC)c(Cl)c2)C1c1ccc(Cl)cc1. The molecule has 0 spiro atoms. The number of methoxy groups -OCH3 is 1. The number of carbonyl (C=O) groups is 2. The lowest BCUT2D eigenvalue weighted by Gasteiger charge is -2.25. The van der Waals surface area contributed by atoms with Gasteiger partial charge in [0.2, 0.25) is 0 Å². The highest BCUT2D eigenvalue weighted by atomic mass is 35.5. The van der Waals surface area contributed by atoms with Gasteiger partial charge in [0.15, 0.2) is 5.75 Å². The third-order valence-corrected chi connectivity index (χ3v) is 5.77. The summed E-state index contributed by atoms with van der Waals surface area (Å²) in [6.07, 6.45) is 1.57. The standard InChI is InChI=1S/C22H20Cl3NO4/c1-3-4-9-26-18(12-5-7-14(23)8-6-12)17(20(28)22(26)29)19(27)13-10-15(24)21(30-2)16(25)11-13/h5-8,10-11,18,27H,3-4,9H2,1-2H3/b19-17+. The van der Waals surface area contributed by atoms with Crippen LogP contribution in [-0.4, -0.2) is 35.4 Å². The van der Waals surface area contributed by atoms with Crippen molar-refractivity contribution in [1.29, 1.82) is 0 Å². The van der Waals surface area contributed by atoms with Crippen LogP contribution in [0.2, 0.25) is 15.1 Å². The molecule has 1 unspecified atom stereocenters. The zero-order valence-electron chi connectivity index (χ0n) is 16.4. The van der Waals surface area contributed by atoms with Gasteiger partial charge in [0.05, 0.1) is 28.8 Å². The number of benzene rings is 2. The molecule has 1 aliphatic heterocycles. The molecule has 8 heteroatoms. The van der Waals surface area contributed by atoms with E-state index in [2.05, 4.69) is 0 Å². The van der Waals surface area contributed by atoms with Gasteiger partial charge in [-0.25, -0.2) is 0 Å². The van der Waals surface area contributed by atoms with E-state index >= 15 is 0 Å². The van der Waals surface area contributed by atoms with Crippen LogP contribution >= 0.6 is 34.8 Å². The van der Waals surface area contributed by atoms with Crippen LogP contribution < -0.4 is 4.74 Å². The number of halogens is 3. The largest absolute Gasteiger partial charge is 0.507 e. The highest BCUT2D eigenvalue weighted by Gasteiger charge is 2.45. The Kier molecular flexibility index (Phi) is 6.96. The maximum Gasteiger partial charge on any atom is 0.295 e. The van der Waals surface area contributed by atoms with Crippen molar-refractivity contribution in [2.24, 2.45) is 0 Å². The van der Waals surface area contributed by atoms with E-state index in [4.69, 9.17) is 39.5 Å². The molecule has 1 amide bonds. The highest BCUT2D eigenvalue weighted by Crippen LogP contribution is 2.42. The number of rotatable bonds is 6. The van der Waals surface area contributed by atoms with Gasteiger partial charge >= 0.3 is 0 Å². The number of likely N-dealkylation sites (tertiary alicyclic amines) is 1. The first-order valence-electron chi connectivity index (χ1n) is 9.37. The summed E-state index contributed by atoms with van der Waals surface area (Å²) < 4.78 is 5.13. The number of unbranched alkanes of at least 4 members (excludes halogenated alkanes) is 1. The van der Waals surface area contributed by atoms with E-state index in [1.165, 1.54) is 24.1 Å². The van der Waals surface area contributed by atoms with E-state index in [1.807, 2.05) is 6.92 Å². The van der Waals surface area contributed by atoms with E-state index in [-0.39, 0.29) is 32.7 Å². The average Bonchev–Trinajstić information content (AvgIpc) is 2.96. The molecule has 1 fully saturated rings. The molecule has 158 valence electrons. The summed E-state index contributed by atoms with van der Waals surface area (Å²) in [6.45, 7) is 2.38. The van der Waals surface area contributed by atoms with Crippen molar-refractivity contribution >= 4 is 52.3 Å². The summed E-state index contributed by atoms with van der Waals surface area (Å²) in [5, 5.41) is 11.9. The third kappa shape index (κ3) is 4.15. The minimum absolute atomic E-state index is 0.0178. The molecule has 0 aliphatic carbocycles. The molecular formula is C22H20Cl3NO4. The third-order valence-electron chi connectivity index (χ3n) is 4.95. The first-order chi connectivity index (χ1) is 14.3. The van der Waals surface area contributed by atoms with Gasteiger partial charge in [-0.1, -0.05) is 60.3 Å². The second-order valence-corrected chi connectivity index (χ2v) is 8.12. The number of aliphatic hydroxyl groups excluding tert-OH is 1. The van der Waals surface area contributed by atoms with Crippen molar-refractivity contribution in [3.8, 4) is 5.75 Å².